The van der Waals surface area contributed by atoms with Crippen molar-refractivity contribution >= 4 is 16.0 Å². The Kier molecular flexibility index (Phi) is 3.00. The lowest BCUT2D eigenvalue weighted by Gasteiger charge is -2.01. The molecule has 0 aliphatic carbocycles. The maximum absolute atomic E-state index is 11.0. The van der Waals surface area contributed by atoms with E-state index in [4.69, 9.17) is 10.2 Å². The highest BCUT2D eigenvalue weighted by Crippen LogP contribution is 2.07. The van der Waals surface area contributed by atoms with E-state index in [9.17, 15) is 13.2 Å². The molecule has 100 valence electrons. The Labute approximate surface area is 107 Å². The monoisotopic (exact) mass is 284 g/mol. The number of carboxylic acids is 1. The first-order chi connectivity index (χ1) is 8.79. The number of nitrogens with two attached hydrogens (primary N) is 1. The number of aryl methyl sites for hydroxylation is 1. The minimum Gasteiger partial charge on any atom is -0.475 e. The molecule has 11 heteroatoms. The average molecular weight is 284 g/mol. The summed E-state index contributed by atoms with van der Waals surface area (Å²) in [5.74, 6) is -1.45. The van der Waals surface area contributed by atoms with Crippen LogP contribution in [0.5, 0.6) is 0 Å². The summed E-state index contributed by atoms with van der Waals surface area (Å²) in [5, 5.41) is 17.3. The lowest BCUT2D eigenvalue weighted by Crippen LogP contribution is -2.14. The SMILES string of the molecule is Cc1nc(C(=O)O)nn1-c1ncc(S(N)(=O)=O)cn1. The molecular weight excluding hydrogens is 276 g/mol. The molecule has 0 bridgehead atoms. The van der Waals surface area contributed by atoms with Crippen LogP contribution in [-0.2, 0) is 10.0 Å². The topological polar surface area (TPSA) is 154 Å². The molecule has 0 fully saturated rings. The van der Waals surface area contributed by atoms with Gasteiger partial charge in [0.25, 0.3) is 11.8 Å². The summed E-state index contributed by atoms with van der Waals surface area (Å²) < 4.78 is 23.1. The first-order valence-electron chi connectivity index (χ1n) is 4.81. The zero-order valence-corrected chi connectivity index (χ0v) is 10.4. The van der Waals surface area contributed by atoms with Crippen LogP contribution in [-0.4, -0.2) is 44.2 Å². The molecule has 0 radical (unpaired) electrons. The van der Waals surface area contributed by atoms with E-state index in [1.54, 1.807) is 0 Å². The van der Waals surface area contributed by atoms with Crippen molar-refractivity contribution in [3.8, 4) is 5.95 Å². The van der Waals surface area contributed by atoms with Crippen LogP contribution < -0.4 is 5.14 Å². The summed E-state index contributed by atoms with van der Waals surface area (Å²) in [6.45, 7) is 1.51. The number of nitrogens with zero attached hydrogens (tertiary/aromatic N) is 5. The molecule has 0 amide bonds. The van der Waals surface area contributed by atoms with Crippen LogP contribution in [0.1, 0.15) is 16.4 Å². The highest BCUT2D eigenvalue weighted by atomic mass is 32.2. The van der Waals surface area contributed by atoms with Gasteiger partial charge >= 0.3 is 5.97 Å². The quantitative estimate of drug-likeness (QED) is 0.705. The van der Waals surface area contributed by atoms with Crippen molar-refractivity contribution in [3.05, 3.63) is 24.0 Å². The van der Waals surface area contributed by atoms with Crippen LogP contribution in [0.25, 0.3) is 5.95 Å². The summed E-state index contributed by atoms with van der Waals surface area (Å²) >= 11 is 0. The number of aromatic carboxylic acids is 1. The molecular formula is C8H8N6O4S. The van der Waals surface area contributed by atoms with Crippen molar-refractivity contribution < 1.29 is 18.3 Å². The third-order valence-corrected chi connectivity index (χ3v) is 2.96. The van der Waals surface area contributed by atoms with Crippen molar-refractivity contribution in [2.45, 2.75) is 11.8 Å². The normalized spacial score (nSPS) is 11.5. The van der Waals surface area contributed by atoms with Crippen LogP contribution in [0.4, 0.5) is 0 Å². The molecule has 2 aromatic heterocycles. The first kappa shape index (κ1) is 13.0. The summed E-state index contributed by atoms with van der Waals surface area (Å²) in [6, 6.07) is 0. The number of carboxylic acid groups (broad SMARTS) is 1. The Morgan fingerprint density at radius 3 is 2.37 bits per heavy atom. The molecule has 0 aliphatic rings. The third-order valence-electron chi connectivity index (χ3n) is 2.09. The minimum atomic E-state index is -3.88. The van der Waals surface area contributed by atoms with E-state index < -0.39 is 21.8 Å². The minimum absolute atomic E-state index is 0.00935. The predicted molar refractivity (Wildman–Crippen MR) is 60.0 cm³/mol. The Hall–Kier alpha value is -2.40. The average Bonchev–Trinajstić information content (AvgIpc) is 2.70. The molecule has 2 aromatic rings. The van der Waals surface area contributed by atoms with Crippen LogP contribution in [0, 0.1) is 6.92 Å². The molecule has 0 spiro atoms. The molecule has 2 rings (SSSR count). The van der Waals surface area contributed by atoms with E-state index >= 15 is 0 Å². The maximum atomic E-state index is 11.0. The summed E-state index contributed by atoms with van der Waals surface area (Å²) in [7, 11) is -3.88. The molecule has 0 unspecified atom stereocenters. The summed E-state index contributed by atoms with van der Waals surface area (Å²) in [4.78, 5) is 21.6. The van der Waals surface area contributed by atoms with E-state index in [1.165, 1.54) is 6.92 Å². The van der Waals surface area contributed by atoms with E-state index in [-0.39, 0.29) is 16.7 Å². The van der Waals surface area contributed by atoms with Crippen LogP contribution in [0.3, 0.4) is 0 Å². The fourth-order valence-corrected chi connectivity index (χ4v) is 1.64. The number of sulfonamides is 1. The predicted octanol–water partition coefficient (Wildman–Crippen LogP) is -1.29. The standard InChI is InChI=1S/C8H8N6O4S/c1-4-12-6(7(15)16)13-14(4)8-10-2-5(3-11-8)19(9,17)18/h2-3H,1H3,(H,15,16)(H2,9,17,18). The maximum Gasteiger partial charge on any atom is 0.375 e. The molecule has 2 heterocycles. The van der Waals surface area contributed by atoms with Gasteiger partial charge in [-0.15, -0.1) is 5.10 Å². The highest BCUT2D eigenvalue weighted by Gasteiger charge is 2.16. The van der Waals surface area contributed by atoms with Crippen molar-refractivity contribution in [3.63, 3.8) is 0 Å². The van der Waals surface area contributed by atoms with Gasteiger partial charge in [-0.1, -0.05) is 0 Å². The molecule has 0 aromatic carbocycles. The Bertz CT molecular complexity index is 735. The van der Waals surface area contributed by atoms with Gasteiger partial charge in [0, 0.05) is 0 Å². The molecule has 19 heavy (non-hydrogen) atoms. The molecule has 3 N–H and O–H groups in total. The zero-order valence-electron chi connectivity index (χ0n) is 9.55. The van der Waals surface area contributed by atoms with Crippen molar-refractivity contribution in [2.75, 3.05) is 0 Å². The Balaban J connectivity index is 2.46. The van der Waals surface area contributed by atoms with Gasteiger partial charge in [0.1, 0.15) is 10.7 Å². The lowest BCUT2D eigenvalue weighted by atomic mass is 10.6. The molecule has 0 saturated carbocycles. The van der Waals surface area contributed by atoms with Crippen LogP contribution in [0.15, 0.2) is 17.3 Å². The van der Waals surface area contributed by atoms with Crippen LogP contribution >= 0.6 is 0 Å². The molecule has 0 atom stereocenters. The number of primary sulfonamides is 1. The van der Waals surface area contributed by atoms with Gasteiger partial charge in [-0.25, -0.2) is 33.3 Å². The number of hydrogen-bond donors (Lipinski definition) is 2. The van der Waals surface area contributed by atoms with Gasteiger partial charge in [0.15, 0.2) is 0 Å². The van der Waals surface area contributed by atoms with Gasteiger partial charge in [-0.05, 0) is 6.92 Å². The van der Waals surface area contributed by atoms with Gasteiger partial charge in [-0.3, -0.25) is 0 Å². The van der Waals surface area contributed by atoms with E-state index in [0.29, 0.717) is 0 Å². The molecule has 0 saturated heterocycles. The van der Waals surface area contributed by atoms with Crippen molar-refractivity contribution in [1.82, 2.24) is 24.7 Å². The van der Waals surface area contributed by atoms with Gasteiger partial charge in [0.2, 0.25) is 10.0 Å². The second-order valence-corrected chi connectivity index (χ2v) is 5.02. The second-order valence-electron chi connectivity index (χ2n) is 3.46. The second kappa shape index (κ2) is 4.37. The van der Waals surface area contributed by atoms with Gasteiger partial charge < -0.3 is 5.11 Å². The fraction of sp³-hybridized carbons (Fsp3) is 0.125. The fourth-order valence-electron chi connectivity index (χ4n) is 1.24. The lowest BCUT2D eigenvalue weighted by molar-refractivity contribution is 0.0683. The summed E-state index contributed by atoms with van der Waals surface area (Å²) in [5.41, 5.74) is 0. The van der Waals surface area contributed by atoms with E-state index in [0.717, 1.165) is 17.1 Å². The molecule has 10 nitrogen and oxygen atoms in total. The van der Waals surface area contributed by atoms with E-state index in [2.05, 4.69) is 20.1 Å². The number of carbonyl (C=O) groups is 1. The zero-order chi connectivity index (χ0) is 14.2. The number of rotatable bonds is 3. The highest BCUT2D eigenvalue weighted by molar-refractivity contribution is 7.89. The van der Waals surface area contributed by atoms with E-state index in [1.807, 2.05) is 0 Å². The third kappa shape index (κ3) is 2.56. The Morgan fingerprint density at radius 2 is 1.95 bits per heavy atom. The smallest absolute Gasteiger partial charge is 0.375 e. The molecule has 0 aliphatic heterocycles. The first-order valence-corrected chi connectivity index (χ1v) is 6.36. The summed E-state index contributed by atoms with van der Waals surface area (Å²) in [6.07, 6.45) is 2.00. The largest absolute Gasteiger partial charge is 0.475 e. The van der Waals surface area contributed by atoms with Crippen molar-refractivity contribution in [2.24, 2.45) is 5.14 Å². The van der Waals surface area contributed by atoms with Gasteiger partial charge in [0.05, 0.1) is 12.4 Å². The van der Waals surface area contributed by atoms with Crippen molar-refractivity contribution in [1.29, 1.82) is 0 Å². The Morgan fingerprint density at radius 1 is 1.37 bits per heavy atom. The number of hydrogen-bond acceptors (Lipinski definition) is 7. The van der Waals surface area contributed by atoms with Gasteiger partial charge in [-0.2, -0.15) is 4.68 Å². The van der Waals surface area contributed by atoms with Crippen LogP contribution in [0.2, 0.25) is 0 Å². The number of aromatic nitrogens is 5.